The first-order chi connectivity index (χ1) is 10.8. The molecule has 4 nitrogen and oxygen atoms in total. The highest BCUT2D eigenvalue weighted by molar-refractivity contribution is 9.10. The van der Waals surface area contributed by atoms with E-state index in [1.165, 1.54) is 11.1 Å². The van der Waals surface area contributed by atoms with Crippen molar-refractivity contribution in [3.8, 4) is 0 Å². The third kappa shape index (κ3) is 3.78. The van der Waals surface area contributed by atoms with Crippen LogP contribution in [0.5, 0.6) is 0 Å². The summed E-state index contributed by atoms with van der Waals surface area (Å²) in [6.45, 7) is 6.76. The smallest absolute Gasteiger partial charge is 0.411 e. The lowest BCUT2D eigenvalue weighted by Crippen LogP contribution is -2.57. The predicted molar refractivity (Wildman–Crippen MR) is 93.2 cm³/mol. The fourth-order valence-corrected chi connectivity index (χ4v) is 3.50. The largest absolute Gasteiger partial charge is 0.444 e. The second-order valence-corrected chi connectivity index (χ2v) is 7.97. The van der Waals surface area contributed by atoms with Gasteiger partial charge in [0.1, 0.15) is 5.60 Å². The zero-order valence-corrected chi connectivity index (χ0v) is 15.3. The van der Waals surface area contributed by atoms with Gasteiger partial charge in [0.05, 0.1) is 25.3 Å². The highest BCUT2D eigenvalue weighted by Crippen LogP contribution is 2.34. The second kappa shape index (κ2) is 6.29. The molecule has 1 saturated heterocycles. The van der Waals surface area contributed by atoms with Gasteiger partial charge >= 0.3 is 6.09 Å². The average molecular weight is 380 g/mol. The second-order valence-electron chi connectivity index (χ2n) is 7.05. The van der Waals surface area contributed by atoms with E-state index in [4.69, 9.17) is 9.47 Å². The summed E-state index contributed by atoms with van der Waals surface area (Å²) in [6, 6.07) is 8.24. The van der Waals surface area contributed by atoms with E-state index < -0.39 is 5.60 Å². The highest BCUT2D eigenvalue weighted by Gasteiger charge is 2.40. The van der Waals surface area contributed by atoms with Crippen LogP contribution in [-0.2, 0) is 9.47 Å². The molecular formula is C18H22BrNO3. The molecule has 0 radical (unpaired) electrons. The maximum Gasteiger partial charge on any atom is 0.411 e. The molecule has 0 aliphatic carbocycles. The van der Waals surface area contributed by atoms with Crippen molar-refractivity contribution in [3.63, 3.8) is 0 Å². The first-order valence-corrected chi connectivity index (χ1v) is 8.68. The molecule has 1 fully saturated rings. The molecule has 2 unspecified atom stereocenters. The van der Waals surface area contributed by atoms with Gasteiger partial charge in [0, 0.05) is 4.47 Å². The van der Waals surface area contributed by atoms with Crippen LogP contribution in [0.4, 0.5) is 4.79 Å². The number of hydrogen-bond acceptors (Lipinski definition) is 3. The number of nitrogens with zero attached hydrogens (tertiary/aromatic N) is 1. The van der Waals surface area contributed by atoms with Crippen LogP contribution in [0.3, 0.4) is 0 Å². The van der Waals surface area contributed by atoms with Gasteiger partial charge in [-0.2, -0.15) is 0 Å². The van der Waals surface area contributed by atoms with E-state index in [0.29, 0.717) is 13.2 Å². The molecule has 124 valence electrons. The minimum atomic E-state index is -0.486. The van der Waals surface area contributed by atoms with Gasteiger partial charge in [-0.25, -0.2) is 4.79 Å². The highest BCUT2D eigenvalue weighted by atomic mass is 79.9. The van der Waals surface area contributed by atoms with Gasteiger partial charge in [0.15, 0.2) is 0 Å². The molecule has 2 aliphatic rings. The number of rotatable bonds is 1. The molecule has 5 heteroatoms. The number of halogens is 1. The van der Waals surface area contributed by atoms with E-state index >= 15 is 0 Å². The van der Waals surface area contributed by atoms with E-state index in [1.54, 1.807) is 0 Å². The van der Waals surface area contributed by atoms with Gasteiger partial charge in [-0.15, -0.1) is 0 Å². The normalized spacial score (nSPS) is 24.2. The van der Waals surface area contributed by atoms with Crippen LogP contribution in [0.1, 0.15) is 32.8 Å². The number of amides is 1. The van der Waals surface area contributed by atoms with E-state index in [-0.39, 0.29) is 18.2 Å². The van der Waals surface area contributed by atoms with E-state index in [9.17, 15) is 4.79 Å². The summed E-state index contributed by atoms with van der Waals surface area (Å²) < 4.78 is 12.3. The van der Waals surface area contributed by atoms with E-state index in [0.717, 1.165) is 10.9 Å². The minimum Gasteiger partial charge on any atom is -0.444 e. The molecule has 1 aromatic rings. The summed E-state index contributed by atoms with van der Waals surface area (Å²) in [6.07, 6.45) is 2.67. The van der Waals surface area contributed by atoms with Crippen molar-refractivity contribution in [2.75, 3.05) is 13.2 Å². The molecule has 23 heavy (non-hydrogen) atoms. The molecule has 1 aromatic carbocycles. The quantitative estimate of drug-likeness (QED) is 0.732. The van der Waals surface area contributed by atoms with Crippen molar-refractivity contribution in [1.29, 1.82) is 0 Å². The Bertz CT molecular complexity index is 635. The molecule has 2 atom stereocenters. The Labute approximate surface area is 145 Å². The third-order valence-electron chi connectivity index (χ3n) is 4.00. The van der Waals surface area contributed by atoms with Crippen molar-refractivity contribution in [2.24, 2.45) is 0 Å². The number of fused-ring (bicyclic) bond motifs is 2. The third-order valence-corrected chi connectivity index (χ3v) is 4.49. The van der Waals surface area contributed by atoms with Crippen LogP contribution in [-0.4, -0.2) is 41.9 Å². The Balaban J connectivity index is 1.86. The van der Waals surface area contributed by atoms with E-state index in [2.05, 4.69) is 34.1 Å². The number of benzene rings is 1. The maximum atomic E-state index is 12.5. The molecule has 0 aromatic heterocycles. The van der Waals surface area contributed by atoms with Crippen molar-refractivity contribution in [2.45, 2.75) is 44.9 Å². The number of carbonyl (C=O) groups excluding carboxylic acids is 1. The van der Waals surface area contributed by atoms with Crippen LogP contribution in [0.2, 0.25) is 0 Å². The van der Waals surface area contributed by atoms with Crippen LogP contribution in [0.25, 0.3) is 5.57 Å². The van der Waals surface area contributed by atoms with Gasteiger partial charge in [0.2, 0.25) is 0 Å². The zero-order valence-electron chi connectivity index (χ0n) is 13.7. The molecule has 2 heterocycles. The van der Waals surface area contributed by atoms with Crippen LogP contribution < -0.4 is 0 Å². The summed E-state index contributed by atoms with van der Waals surface area (Å²) in [5.74, 6) is 0. The number of ether oxygens (including phenoxy) is 2. The molecular weight excluding hydrogens is 358 g/mol. The minimum absolute atomic E-state index is 0.0302. The summed E-state index contributed by atoms with van der Waals surface area (Å²) in [5, 5.41) is 0. The van der Waals surface area contributed by atoms with Gasteiger partial charge in [-0.3, -0.25) is 4.90 Å². The lowest BCUT2D eigenvalue weighted by molar-refractivity contribution is -0.0510. The first kappa shape index (κ1) is 16.5. The predicted octanol–water partition coefficient (Wildman–Crippen LogP) is 4.24. The standard InChI is InChI=1S/C18H22BrNO3/c1-18(2,3)23-17(21)20-15-8-13(9-16(20)11-22-10-15)12-5-4-6-14(19)7-12/h4-8,15-16H,9-11H2,1-3H3. The SMILES string of the molecule is CC(C)(C)OC(=O)N1C2C=C(c3cccc(Br)c3)CC1COC2. The number of carbonyl (C=O) groups is 1. The van der Waals surface area contributed by atoms with Crippen molar-refractivity contribution in [3.05, 3.63) is 40.4 Å². The zero-order chi connectivity index (χ0) is 16.6. The van der Waals surface area contributed by atoms with Gasteiger partial charge in [-0.1, -0.05) is 34.1 Å². The summed E-state index contributed by atoms with van der Waals surface area (Å²) in [5.41, 5.74) is 1.98. The van der Waals surface area contributed by atoms with Crippen LogP contribution >= 0.6 is 15.9 Å². The molecule has 3 rings (SSSR count). The molecule has 1 amide bonds. The van der Waals surface area contributed by atoms with Gasteiger partial charge in [0.25, 0.3) is 0 Å². The molecule has 0 saturated carbocycles. The monoisotopic (exact) mass is 379 g/mol. The van der Waals surface area contributed by atoms with Crippen LogP contribution in [0, 0.1) is 0 Å². The fraction of sp³-hybridized carbons (Fsp3) is 0.500. The maximum absolute atomic E-state index is 12.5. The Morgan fingerprint density at radius 2 is 2.13 bits per heavy atom. The van der Waals surface area contributed by atoms with Crippen LogP contribution in [0.15, 0.2) is 34.8 Å². The topological polar surface area (TPSA) is 38.8 Å². The lowest BCUT2D eigenvalue weighted by Gasteiger charge is -2.44. The molecule has 0 N–H and O–H groups in total. The van der Waals surface area contributed by atoms with Crippen molar-refractivity contribution >= 4 is 27.6 Å². The number of hydrogen-bond donors (Lipinski definition) is 0. The van der Waals surface area contributed by atoms with E-state index in [1.807, 2.05) is 37.8 Å². The summed E-state index contributed by atoms with van der Waals surface area (Å²) >= 11 is 3.52. The average Bonchev–Trinajstić information content (AvgIpc) is 2.44. The Morgan fingerprint density at radius 1 is 1.35 bits per heavy atom. The Kier molecular flexibility index (Phi) is 4.52. The summed E-state index contributed by atoms with van der Waals surface area (Å²) in [4.78, 5) is 14.4. The Morgan fingerprint density at radius 3 is 2.78 bits per heavy atom. The molecule has 0 spiro atoms. The number of morpholine rings is 1. The van der Waals surface area contributed by atoms with Gasteiger partial charge < -0.3 is 9.47 Å². The van der Waals surface area contributed by atoms with Crippen molar-refractivity contribution < 1.29 is 14.3 Å². The van der Waals surface area contributed by atoms with Gasteiger partial charge in [-0.05, 0) is 50.5 Å². The Hall–Kier alpha value is -1.33. The summed E-state index contributed by atoms with van der Waals surface area (Å²) in [7, 11) is 0. The lowest BCUT2D eigenvalue weighted by atomic mass is 9.90. The molecule has 2 aliphatic heterocycles. The van der Waals surface area contributed by atoms with Crippen molar-refractivity contribution in [1.82, 2.24) is 4.90 Å². The fourth-order valence-electron chi connectivity index (χ4n) is 3.10. The first-order valence-electron chi connectivity index (χ1n) is 7.89. The molecule has 2 bridgehead atoms.